The summed E-state index contributed by atoms with van der Waals surface area (Å²) in [6.45, 7) is -0.357. The van der Waals surface area contributed by atoms with E-state index in [1.807, 2.05) is 0 Å². The smallest absolute Gasteiger partial charge is 0.303 e. The number of aryl methyl sites for hydroxylation is 1. The third-order valence-electron chi connectivity index (χ3n) is 4.40. The molecule has 3 aromatic rings. The number of nitrogens with one attached hydrogen (secondary N) is 1. The monoisotopic (exact) mass is 418 g/mol. The van der Waals surface area contributed by atoms with Gasteiger partial charge in [-0.1, -0.05) is 6.07 Å². The zero-order valence-electron chi connectivity index (χ0n) is 15.4. The number of halogens is 2. The summed E-state index contributed by atoms with van der Waals surface area (Å²) in [5.41, 5.74) is 4.20. The Balaban J connectivity index is 1.96. The second-order valence-electron chi connectivity index (χ2n) is 6.43. The molecule has 0 radical (unpaired) electrons. The molecule has 5 N–H and O–H groups in total. The van der Waals surface area contributed by atoms with E-state index in [4.69, 9.17) is 10.8 Å². The van der Waals surface area contributed by atoms with Crippen molar-refractivity contribution in [2.24, 2.45) is 0 Å². The molecule has 0 fully saturated rings. The molecule has 9 nitrogen and oxygen atoms in total. The molecule has 0 aliphatic heterocycles. The first-order valence-corrected chi connectivity index (χ1v) is 8.65. The third-order valence-corrected chi connectivity index (χ3v) is 4.40. The Bertz CT molecular complexity index is 1230. The minimum absolute atomic E-state index is 0.0222. The van der Waals surface area contributed by atoms with Gasteiger partial charge >= 0.3 is 5.97 Å². The molecule has 30 heavy (non-hydrogen) atoms. The molecule has 0 unspecified atom stereocenters. The van der Waals surface area contributed by atoms with Crippen LogP contribution in [-0.2, 0) is 17.8 Å². The van der Waals surface area contributed by atoms with Crippen LogP contribution in [0.2, 0.25) is 0 Å². The Morgan fingerprint density at radius 3 is 2.63 bits per heavy atom. The first-order chi connectivity index (χ1) is 14.2. The molecule has 2 heterocycles. The number of carboxylic acids is 1. The van der Waals surface area contributed by atoms with Gasteiger partial charge < -0.3 is 21.4 Å². The van der Waals surface area contributed by atoms with Crippen molar-refractivity contribution in [2.75, 3.05) is 5.73 Å². The number of rotatable bonds is 6. The van der Waals surface area contributed by atoms with Gasteiger partial charge in [0.15, 0.2) is 5.65 Å². The van der Waals surface area contributed by atoms with Gasteiger partial charge in [-0.3, -0.25) is 14.4 Å². The largest absolute Gasteiger partial charge is 0.481 e. The van der Waals surface area contributed by atoms with Crippen LogP contribution in [0.4, 0.5) is 14.5 Å². The van der Waals surface area contributed by atoms with E-state index >= 15 is 0 Å². The van der Waals surface area contributed by atoms with Crippen molar-refractivity contribution in [3.8, 4) is 0 Å². The maximum absolute atomic E-state index is 13.7. The van der Waals surface area contributed by atoms with Crippen molar-refractivity contribution < 1.29 is 28.7 Å². The Morgan fingerprint density at radius 2 is 1.97 bits per heavy atom. The lowest BCUT2D eigenvalue weighted by Crippen LogP contribution is -2.34. The molecule has 156 valence electrons. The molecular weight excluding hydrogens is 402 g/mol. The number of aliphatic carboxylic acids is 1. The average Bonchev–Trinajstić information content (AvgIpc) is 2.70. The Hall–Kier alpha value is -4.02. The number of carbonyl (C=O) groups excluding carboxylic acids is 1. The first-order valence-electron chi connectivity index (χ1n) is 8.65. The summed E-state index contributed by atoms with van der Waals surface area (Å²) < 4.78 is 26.9. The number of carboxylic acid groups (broad SMARTS) is 1. The maximum atomic E-state index is 13.7. The summed E-state index contributed by atoms with van der Waals surface area (Å²) >= 11 is 0. The summed E-state index contributed by atoms with van der Waals surface area (Å²) in [4.78, 5) is 39.6. The molecule has 0 aliphatic carbocycles. The van der Waals surface area contributed by atoms with E-state index in [1.54, 1.807) is 0 Å². The average molecular weight is 418 g/mol. The predicted octanol–water partition coefficient (Wildman–Crippen LogP) is 1.44. The van der Waals surface area contributed by atoms with Gasteiger partial charge in [-0.05, 0) is 24.1 Å². The number of hydrogen-bond acceptors (Lipinski definition) is 6. The summed E-state index contributed by atoms with van der Waals surface area (Å²) in [6, 6.07) is 4.22. The lowest BCUT2D eigenvalue weighted by molar-refractivity contribution is -0.136. The number of anilines is 1. The van der Waals surface area contributed by atoms with E-state index < -0.39 is 34.6 Å². The van der Waals surface area contributed by atoms with Gasteiger partial charge in [-0.15, -0.1) is 4.73 Å². The number of nitrogens with two attached hydrogens (primary N) is 1. The molecule has 0 saturated carbocycles. The highest BCUT2D eigenvalue weighted by Crippen LogP contribution is 2.22. The van der Waals surface area contributed by atoms with E-state index in [0.29, 0.717) is 11.6 Å². The molecule has 1 amide bonds. The second-order valence-corrected chi connectivity index (χ2v) is 6.43. The fourth-order valence-corrected chi connectivity index (χ4v) is 2.86. The second kappa shape index (κ2) is 8.15. The SMILES string of the molecule is Nc1c(C(=O)NCc2ccc(F)cc2F)c(=O)n(O)c2ncc(CCC(=O)O)cc12. The topological polar surface area (TPSA) is 148 Å². The number of nitrogen functional groups attached to an aromatic ring is 1. The summed E-state index contributed by atoms with van der Waals surface area (Å²) in [7, 11) is 0. The highest BCUT2D eigenvalue weighted by Gasteiger charge is 2.22. The van der Waals surface area contributed by atoms with Gasteiger partial charge in [-0.2, -0.15) is 0 Å². The minimum atomic E-state index is -1.14. The lowest BCUT2D eigenvalue weighted by atomic mass is 10.1. The van der Waals surface area contributed by atoms with Gasteiger partial charge in [0.2, 0.25) is 0 Å². The van der Waals surface area contributed by atoms with E-state index in [0.717, 1.165) is 12.1 Å². The summed E-state index contributed by atoms with van der Waals surface area (Å²) in [5.74, 6) is -3.67. The highest BCUT2D eigenvalue weighted by atomic mass is 19.1. The lowest BCUT2D eigenvalue weighted by Gasteiger charge is -2.12. The minimum Gasteiger partial charge on any atom is -0.481 e. The van der Waals surface area contributed by atoms with E-state index in [1.165, 1.54) is 12.3 Å². The molecule has 11 heteroatoms. The van der Waals surface area contributed by atoms with Crippen LogP contribution >= 0.6 is 0 Å². The van der Waals surface area contributed by atoms with Crippen molar-refractivity contribution in [2.45, 2.75) is 19.4 Å². The predicted molar refractivity (Wildman–Crippen MR) is 101 cm³/mol. The standard InChI is InChI=1S/C19H16F2N4O5/c20-11-3-2-10(13(21)6-11)8-24-18(28)15-16(22)12-5-9(1-4-14(26)27)7-23-17(12)25(30)19(15)29/h2-3,5-7,30H,1,4,8,22H2,(H,24,28)(H,26,27). The normalized spacial score (nSPS) is 10.9. The summed E-state index contributed by atoms with van der Waals surface area (Å²) in [5, 5.41) is 21.3. The number of aromatic nitrogens is 2. The van der Waals surface area contributed by atoms with Gasteiger partial charge in [0.05, 0.1) is 5.69 Å². The van der Waals surface area contributed by atoms with Crippen molar-refractivity contribution in [3.63, 3.8) is 0 Å². The van der Waals surface area contributed by atoms with Gasteiger partial charge in [0.25, 0.3) is 11.5 Å². The van der Waals surface area contributed by atoms with Gasteiger partial charge in [0.1, 0.15) is 17.2 Å². The summed E-state index contributed by atoms with van der Waals surface area (Å²) in [6.07, 6.45) is 1.23. The molecule has 1 aromatic carbocycles. The number of fused-ring (bicyclic) bond motifs is 1. The maximum Gasteiger partial charge on any atom is 0.303 e. The number of carbonyl (C=O) groups is 2. The van der Waals surface area contributed by atoms with Crippen molar-refractivity contribution in [1.82, 2.24) is 15.0 Å². The van der Waals surface area contributed by atoms with E-state index in [-0.39, 0.29) is 46.4 Å². The Kier molecular flexibility index (Phi) is 5.63. The highest BCUT2D eigenvalue weighted by molar-refractivity contribution is 6.05. The fourth-order valence-electron chi connectivity index (χ4n) is 2.86. The van der Waals surface area contributed by atoms with Crippen LogP contribution < -0.4 is 16.6 Å². The quantitative estimate of drug-likeness (QED) is 0.443. The third kappa shape index (κ3) is 4.04. The van der Waals surface area contributed by atoms with E-state index in [2.05, 4.69) is 10.3 Å². The van der Waals surface area contributed by atoms with Crippen LogP contribution in [0.3, 0.4) is 0 Å². The number of pyridine rings is 2. The number of amides is 1. The number of hydrogen-bond donors (Lipinski definition) is 4. The molecule has 3 rings (SSSR count). The first kappa shape index (κ1) is 20.7. The zero-order valence-corrected chi connectivity index (χ0v) is 15.4. The molecular formula is C19H16F2N4O5. The zero-order chi connectivity index (χ0) is 22.0. The molecule has 0 atom stereocenters. The number of benzene rings is 1. The number of nitrogens with zero attached hydrogens (tertiary/aromatic N) is 2. The van der Waals surface area contributed by atoms with Crippen molar-refractivity contribution in [1.29, 1.82) is 0 Å². The fraction of sp³-hybridized carbons (Fsp3) is 0.158. The Morgan fingerprint density at radius 1 is 1.23 bits per heavy atom. The van der Waals surface area contributed by atoms with Crippen LogP contribution in [0.1, 0.15) is 27.9 Å². The van der Waals surface area contributed by atoms with Crippen LogP contribution in [-0.4, -0.2) is 31.9 Å². The van der Waals surface area contributed by atoms with Gasteiger partial charge in [0, 0.05) is 36.2 Å². The van der Waals surface area contributed by atoms with E-state index in [9.17, 15) is 28.4 Å². The van der Waals surface area contributed by atoms with Crippen LogP contribution in [0.5, 0.6) is 0 Å². The molecule has 0 bridgehead atoms. The van der Waals surface area contributed by atoms with Gasteiger partial charge in [-0.25, -0.2) is 13.8 Å². The molecule has 2 aromatic heterocycles. The Labute approximate surface area is 167 Å². The van der Waals surface area contributed by atoms with Crippen LogP contribution in [0, 0.1) is 11.6 Å². The molecule has 0 saturated heterocycles. The van der Waals surface area contributed by atoms with Crippen molar-refractivity contribution >= 4 is 28.6 Å². The van der Waals surface area contributed by atoms with Crippen LogP contribution in [0.25, 0.3) is 11.0 Å². The van der Waals surface area contributed by atoms with Crippen LogP contribution in [0.15, 0.2) is 35.3 Å². The molecule has 0 spiro atoms. The van der Waals surface area contributed by atoms with Crippen molar-refractivity contribution in [3.05, 3.63) is 69.1 Å². The molecule has 0 aliphatic rings.